The minimum absolute atomic E-state index is 0.130. The van der Waals surface area contributed by atoms with Crippen molar-refractivity contribution in [3.8, 4) is 0 Å². The summed E-state index contributed by atoms with van der Waals surface area (Å²) in [5.74, 6) is -1.05. The van der Waals surface area contributed by atoms with Crippen LogP contribution in [0.15, 0.2) is 158 Å². The highest BCUT2D eigenvalue weighted by Gasteiger charge is 2.19. The van der Waals surface area contributed by atoms with Crippen molar-refractivity contribution in [2.24, 2.45) is 0 Å². The molecule has 0 aliphatic carbocycles. The van der Waals surface area contributed by atoms with Crippen LogP contribution in [0.1, 0.15) is 162 Å². The molecule has 0 saturated heterocycles. The molecule has 0 radical (unpaired) electrons. The number of carbonyl (C=O) groups is 3. The summed E-state index contributed by atoms with van der Waals surface area (Å²) in [6.45, 7) is 6.15. The number of hydrogen-bond donors (Lipinski definition) is 0. The van der Waals surface area contributed by atoms with Crippen LogP contribution in [0.4, 0.5) is 0 Å². The monoisotopic (exact) mass is 865 g/mol. The summed E-state index contributed by atoms with van der Waals surface area (Å²) in [4.78, 5) is 37.9. The van der Waals surface area contributed by atoms with E-state index in [4.69, 9.17) is 14.2 Å². The summed E-state index contributed by atoms with van der Waals surface area (Å²) >= 11 is 0. The van der Waals surface area contributed by atoms with E-state index < -0.39 is 6.10 Å². The Morgan fingerprint density at radius 3 is 1.21 bits per heavy atom. The maximum Gasteiger partial charge on any atom is 0.306 e. The molecule has 0 aliphatic rings. The van der Waals surface area contributed by atoms with Gasteiger partial charge in [-0.15, -0.1) is 0 Å². The highest BCUT2D eigenvalue weighted by atomic mass is 16.6. The molecule has 0 N–H and O–H groups in total. The molecule has 0 saturated carbocycles. The van der Waals surface area contributed by atoms with Crippen molar-refractivity contribution in [1.82, 2.24) is 0 Å². The Labute approximate surface area is 384 Å². The number of esters is 3. The second kappa shape index (κ2) is 49.7. The van der Waals surface area contributed by atoms with E-state index in [0.29, 0.717) is 19.3 Å². The predicted molar refractivity (Wildman–Crippen MR) is 269 cm³/mol. The van der Waals surface area contributed by atoms with Crippen LogP contribution in [-0.4, -0.2) is 37.2 Å². The molecule has 0 bridgehead atoms. The molecule has 0 aromatic carbocycles. The minimum Gasteiger partial charge on any atom is -0.462 e. The average Bonchev–Trinajstić information content (AvgIpc) is 3.28. The van der Waals surface area contributed by atoms with E-state index in [1.54, 1.807) is 0 Å². The van der Waals surface area contributed by atoms with Gasteiger partial charge in [0.25, 0.3) is 0 Å². The number of ether oxygens (including phenoxy) is 3. The Morgan fingerprint density at radius 1 is 0.349 bits per heavy atom. The zero-order chi connectivity index (χ0) is 45.8. The summed E-state index contributed by atoms with van der Waals surface area (Å²) in [6.07, 6.45) is 72.2. The quantitative estimate of drug-likeness (QED) is 0.0201. The molecule has 1 atom stereocenters. The van der Waals surface area contributed by atoms with Gasteiger partial charge in [0, 0.05) is 19.3 Å². The second-order valence-corrected chi connectivity index (χ2v) is 15.1. The topological polar surface area (TPSA) is 78.9 Å². The fourth-order valence-electron chi connectivity index (χ4n) is 5.68. The number of rotatable bonds is 40. The van der Waals surface area contributed by atoms with Crippen molar-refractivity contribution in [3.05, 3.63) is 158 Å². The molecule has 6 heteroatoms. The maximum atomic E-state index is 12.8. The van der Waals surface area contributed by atoms with E-state index in [1.165, 1.54) is 6.42 Å². The number of allylic oxidation sites excluding steroid dienone is 26. The zero-order valence-electron chi connectivity index (χ0n) is 39.5. The van der Waals surface area contributed by atoms with Crippen LogP contribution in [0, 0.1) is 0 Å². The molecule has 0 rings (SSSR count). The van der Waals surface area contributed by atoms with Gasteiger partial charge in [-0.1, -0.05) is 211 Å². The van der Waals surface area contributed by atoms with E-state index in [2.05, 4.69) is 93.7 Å². The van der Waals surface area contributed by atoms with Crippen LogP contribution in [-0.2, 0) is 28.6 Å². The SMILES string of the molecule is CC\C=C/C=C\C=C/C=C\C=C/CCCCCC(=O)OC(COC(=O)CCCC/C=C\C/C=C\C/C=C\CC)COC(=O)CCCCCCC\C=C/C=C\C=C/C=C\C=C/CCC. The van der Waals surface area contributed by atoms with Crippen LogP contribution >= 0.6 is 0 Å². The Bertz CT molecular complexity index is 1510. The van der Waals surface area contributed by atoms with Crippen LogP contribution < -0.4 is 0 Å². The Kier molecular flexibility index (Phi) is 45.8. The Morgan fingerprint density at radius 2 is 0.698 bits per heavy atom. The van der Waals surface area contributed by atoms with Crippen LogP contribution in [0.25, 0.3) is 0 Å². The lowest BCUT2D eigenvalue weighted by Crippen LogP contribution is -2.30. The van der Waals surface area contributed by atoms with Gasteiger partial charge in [0.2, 0.25) is 0 Å². The summed E-state index contributed by atoms with van der Waals surface area (Å²) in [5.41, 5.74) is 0. The van der Waals surface area contributed by atoms with Gasteiger partial charge >= 0.3 is 17.9 Å². The van der Waals surface area contributed by atoms with Gasteiger partial charge in [0.15, 0.2) is 6.10 Å². The van der Waals surface area contributed by atoms with Crippen molar-refractivity contribution >= 4 is 17.9 Å². The number of hydrogen-bond acceptors (Lipinski definition) is 6. The van der Waals surface area contributed by atoms with Crippen molar-refractivity contribution in [2.75, 3.05) is 13.2 Å². The van der Waals surface area contributed by atoms with Crippen molar-refractivity contribution in [1.29, 1.82) is 0 Å². The molecule has 6 nitrogen and oxygen atoms in total. The molecule has 0 fully saturated rings. The van der Waals surface area contributed by atoms with Crippen LogP contribution in [0.3, 0.4) is 0 Å². The lowest BCUT2D eigenvalue weighted by molar-refractivity contribution is -0.167. The standard InChI is InChI=1S/C57H84O6/c1-4-7-10-13-16-19-22-25-27-28-29-31-32-35-38-41-44-47-50-56(59)62-53-54(52-61-55(58)49-46-43-40-37-34-24-21-18-15-12-9-6-3)63-57(60)51-48-45-42-39-36-33-30-26-23-20-17-14-11-8-5-2/h8-14,16-23,25-31,33-34,36-37,54H,4-7,15,24,32,35,38-53H2,1-3H3/b11-8-,12-9-,13-10-,17-14-,19-16-,21-18-,23-20-,25-22-,28-27-,30-26-,31-29-,36-33-,37-34-. The molecule has 0 spiro atoms. The molecule has 63 heavy (non-hydrogen) atoms. The largest absolute Gasteiger partial charge is 0.462 e. The predicted octanol–water partition coefficient (Wildman–Crippen LogP) is 15.9. The molecule has 348 valence electrons. The zero-order valence-corrected chi connectivity index (χ0v) is 39.5. The first-order valence-electron chi connectivity index (χ1n) is 24.1. The highest BCUT2D eigenvalue weighted by molar-refractivity contribution is 5.71. The van der Waals surface area contributed by atoms with Gasteiger partial charge in [-0.25, -0.2) is 0 Å². The first kappa shape index (κ1) is 58.0. The smallest absolute Gasteiger partial charge is 0.306 e. The fourth-order valence-corrected chi connectivity index (χ4v) is 5.68. The van der Waals surface area contributed by atoms with E-state index >= 15 is 0 Å². The summed E-state index contributed by atoms with van der Waals surface area (Å²) < 4.78 is 16.7. The van der Waals surface area contributed by atoms with Gasteiger partial charge < -0.3 is 14.2 Å². The third-order valence-electron chi connectivity index (χ3n) is 9.23. The summed E-state index contributed by atoms with van der Waals surface area (Å²) in [5, 5.41) is 0. The molecular formula is C57H84O6. The van der Waals surface area contributed by atoms with Crippen molar-refractivity contribution in [3.63, 3.8) is 0 Å². The lowest BCUT2D eigenvalue weighted by Gasteiger charge is -2.18. The summed E-state index contributed by atoms with van der Waals surface area (Å²) in [7, 11) is 0. The van der Waals surface area contributed by atoms with E-state index in [1.807, 2.05) is 85.1 Å². The normalized spacial score (nSPS) is 13.5. The van der Waals surface area contributed by atoms with E-state index in [-0.39, 0.29) is 44.0 Å². The Hall–Kier alpha value is -4.97. The maximum absolute atomic E-state index is 12.8. The molecule has 0 aromatic rings. The van der Waals surface area contributed by atoms with Crippen molar-refractivity contribution < 1.29 is 28.6 Å². The first-order chi connectivity index (χ1) is 31.0. The van der Waals surface area contributed by atoms with Gasteiger partial charge in [0.1, 0.15) is 13.2 Å². The van der Waals surface area contributed by atoms with Gasteiger partial charge in [0.05, 0.1) is 0 Å². The molecular weight excluding hydrogens is 781 g/mol. The van der Waals surface area contributed by atoms with Gasteiger partial charge in [-0.3, -0.25) is 14.4 Å². The second-order valence-electron chi connectivity index (χ2n) is 15.1. The number of carbonyl (C=O) groups excluding carboxylic acids is 3. The molecule has 0 aromatic heterocycles. The molecule has 0 heterocycles. The van der Waals surface area contributed by atoms with E-state index in [0.717, 1.165) is 103 Å². The van der Waals surface area contributed by atoms with Gasteiger partial charge in [-0.2, -0.15) is 0 Å². The van der Waals surface area contributed by atoms with Crippen molar-refractivity contribution in [2.45, 2.75) is 168 Å². The Balaban J connectivity index is 4.61. The fraction of sp³-hybridized carbons (Fsp3) is 0.491. The van der Waals surface area contributed by atoms with Gasteiger partial charge in [-0.05, 0) is 89.9 Å². The molecule has 0 amide bonds. The minimum atomic E-state index is -0.834. The lowest BCUT2D eigenvalue weighted by atomic mass is 10.1. The average molecular weight is 865 g/mol. The van der Waals surface area contributed by atoms with Crippen LogP contribution in [0.2, 0.25) is 0 Å². The number of unbranched alkanes of at least 4 members (excludes halogenated alkanes) is 11. The molecule has 1 unspecified atom stereocenters. The highest BCUT2D eigenvalue weighted by Crippen LogP contribution is 2.11. The molecule has 0 aliphatic heterocycles. The summed E-state index contributed by atoms with van der Waals surface area (Å²) in [6, 6.07) is 0. The third-order valence-corrected chi connectivity index (χ3v) is 9.23. The third kappa shape index (κ3) is 47.9. The first-order valence-corrected chi connectivity index (χ1v) is 24.1. The van der Waals surface area contributed by atoms with Crippen LogP contribution in [0.5, 0.6) is 0 Å². The van der Waals surface area contributed by atoms with E-state index in [9.17, 15) is 14.4 Å².